The van der Waals surface area contributed by atoms with Crippen molar-refractivity contribution in [3.05, 3.63) is 55.6 Å². The molecule has 8 nitrogen and oxygen atoms in total. The van der Waals surface area contributed by atoms with Gasteiger partial charge < -0.3 is 5.11 Å². The highest BCUT2D eigenvalue weighted by Crippen LogP contribution is 2.37. The van der Waals surface area contributed by atoms with Crippen LogP contribution in [0.15, 0.2) is 24.3 Å². The minimum absolute atomic E-state index is 0.0419. The molecule has 1 aromatic carbocycles. The Morgan fingerprint density at radius 1 is 1.19 bits per heavy atom. The molecule has 1 N–H and O–H groups in total. The number of nitrogens with zero attached hydrogens (tertiary/aromatic N) is 2. The van der Waals surface area contributed by atoms with Gasteiger partial charge >= 0.3 is 5.97 Å². The molecule has 1 aromatic rings. The fourth-order valence-corrected chi connectivity index (χ4v) is 3.02. The Hall–Kier alpha value is -2.77. The maximum Gasteiger partial charge on any atom is 0.327 e. The number of rotatable bonds is 11. The van der Waals surface area contributed by atoms with Crippen molar-refractivity contribution in [3.63, 3.8) is 0 Å². The summed E-state index contributed by atoms with van der Waals surface area (Å²) in [4.78, 5) is 32.1. The number of non-ortho nitro benzene ring substituents is 1. The van der Waals surface area contributed by atoms with Crippen LogP contribution in [0.2, 0.25) is 0 Å². The Morgan fingerprint density at radius 2 is 1.88 bits per heavy atom. The SMILES string of the molecule is CCCCCC(CC)c1cc([N+](=O)[O-])cc([N+](=O)[O-])c1C/C=C/C(=O)O. The monoisotopic (exact) mass is 364 g/mol. The van der Waals surface area contributed by atoms with Gasteiger partial charge in [-0.2, -0.15) is 0 Å². The number of benzene rings is 1. The number of hydrogen-bond acceptors (Lipinski definition) is 5. The average Bonchev–Trinajstić information content (AvgIpc) is 2.58. The molecule has 0 bridgehead atoms. The van der Waals surface area contributed by atoms with E-state index >= 15 is 0 Å². The van der Waals surface area contributed by atoms with Gasteiger partial charge in [0.05, 0.1) is 15.9 Å². The van der Waals surface area contributed by atoms with Gasteiger partial charge in [0.2, 0.25) is 0 Å². The minimum Gasteiger partial charge on any atom is -0.478 e. The molecule has 0 aliphatic heterocycles. The molecule has 0 saturated carbocycles. The van der Waals surface area contributed by atoms with Crippen molar-refractivity contribution in [3.8, 4) is 0 Å². The van der Waals surface area contributed by atoms with Crippen molar-refractivity contribution < 1.29 is 19.7 Å². The van der Waals surface area contributed by atoms with Gasteiger partial charge in [0.1, 0.15) is 0 Å². The normalized spacial score (nSPS) is 12.2. The van der Waals surface area contributed by atoms with Crippen LogP contribution in [0, 0.1) is 20.2 Å². The number of hydrogen-bond donors (Lipinski definition) is 1. The first-order chi connectivity index (χ1) is 12.3. The third-order valence-corrected chi connectivity index (χ3v) is 4.32. The van der Waals surface area contributed by atoms with E-state index in [0.717, 1.165) is 37.8 Å². The Labute approximate surface area is 151 Å². The number of allylic oxidation sites excluding steroid dienone is 1. The number of carbonyl (C=O) groups is 1. The van der Waals surface area contributed by atoms with E-state index < -0.39 is 15.8 Å². The van der Waals surface area contributed by atoms with Crippen molar-refractivity contribution in [1.29, 1.82) is 0 Å². The van der Waals surface area contributed by atoms with E-state index in [1.807, 2.05) is 6.92 Å². The van der Waals surface area contributed by atoms with Crippen molar-refractivity contribution in [1.82, 2.24) is 0 Å². The first-order valence-corrected chi connectivity index (χ1v) is 8.66. The third kappa shape index (κ3) is 5.94. The highest BCUT2D eigenvalue weighted by molar-refractivity contribution is 5.79. The van der Waals surface area contributed by atoms with Gasteiger partial charge in [0, 0.05) is 17.7 Å². The summed E-state index contributed by atoms with van der Waals surface area (Å²) in [6.45, 7) is 4.01. The predicted molar refractivity (Wildman–Crippen MR) is 97.4 cm³/mol. The van der Waals surface area contributed by atoms with Crippen LogP contribution < -0.4 is 0 Å². The summed E-state index contributed by atoms with van der Waals surface area (Å²) in [6, 6.07) is 2.35. The second kappa shape index (κ2) is 10.3. The zero-order valence-corrected chi connectivity index (χ0v) is 15.0. The van der Waals surface area contributed by atoms with Crippen LogP contribution in [-0.2, 0) is 11.2 Å². The number of carboxylic acid groups (broad SMARTS) is 1. The average molecular weight is 364 g/mol. The van der Waals surface area contributed by atoms with Crippen LogP contribution in [0.4, 0.5) is 11.4 Å². The number of nitro benzene ring substituents is 2. The molecule has 0 amide bonds. The molecule has 0 spiro atoms. The molecule has 0 saturated heterocycles. The Balaban J connectivity index is 3.46. The molecule has 0 heterocycles. The molecule has 142 valence electrons. The van der Waals surface area contributed by atoms with Gasteiger partial charge in [-0.05, 0) is 30.7 Å². The van der Waals surface area contributed by atoms with Gasteiger partial charge in [-0.25, -0.2) is 4.79 Å². The molecule has 1 rings (SSSR count). The van der Waals surface area contributed by atoms with Crippen molar-refractivity contribution in [2.75, 3.05) is 0 Å². The quantitative estimate of drug-likeness (QED) is 0.261. The lowest BCUT2D eigenvalue weighted by molar-refractivity contribution is -0.394. The summed E-state index contributed by atoms with van der Waals surface area (Å²) in [5, 5.41) is 31.4. The fourth-order valence-electron chi connectivity index (χ4n) is 3.02. The smallest absolute Gasteiger partial charge is 0.327 e. The maximum atomic E-state index is 11.5. The molecule has 0 aliphatic carbocycles. The first kappa shape index (κ1) is 21.3. The van der Waals surface area contributed by atoms with Crippen molar-refractivity contribution in [2.45, 2.75) is 58.3 Å². The van der Waals surface area contributed by atoms with E-state index in [1.54, 1.807) is 0 Å². The Bertz CT molecular complexity index is 699. The van der Waals surface area contributed by atoms with E-state index in [1.165, 1.54) is 12.1 Å². The summed E-state index contributed by atoms with van der Waals surface area (Å²) < 4.78 is 0. The molecule has 0 fully saturated rings. The highest BCUT2D eigenvalue weighted by atomic mass is 16.6. The number of unbranched alkanes of at least 4 members (excludes halogenated alkanes) is 2. The summed E-state index contributed by atoms with van der Waals surface area (Å²) in [5.41, 5.74) is 0.269. The second-order valence-electron chi connectivity index (χ2n) is 6.09. The lowest BCUT2D eigenvalue weighted by Gasteiger charge is -2.18. The van der Waals surface area contributed by atoms with Crippen LogP contribution in [0.5, 0.6) is 0 Å². The molecule has 26 heavy (non-hydrogen) atoms. The highest BCUT2D eigenvalue weighted by Gasteiger charge is 2.26. The zero-order valence-electron chi connectivity index (χ0n) is 15.0. The van der Waals surface area contributed by atoms with Crippen LogP contribution in [0.25, 0.3) is 0 Å². The van der Waals surface area contributed by atoms with E-state index in [0.29, 0.717) is 17.5 Å². The standard InChI is InChI=1S/C18H24N2O6/c1-3-5-6-8-13(4-2)16-11-14(19(23)24)12-17(20(25)26)15(16)9-7-10-18(21)22/h7,10-13H,3-6,8-9H2,1-2H3,(H,21,22)/b10-7+. The summed E-state index contributed by atoms with van der Waals surface area (Å²) in [5.74, 6) is -1.19. The number of aliphatic carboxylic acids is 1. The van der Waals surface area contributed by atoms with E-state index in [4.69, 9.17) is 5.11 Å². The van der Waals surface area contributed by atoms with Gasteiger partial charge in [-0.1, -0.05) is 39.2 Å². The lowest BCUT2D eigenvalue weighted by atomic mass is 9.85. The molecule has 8 heteroatoms. The first-order valence-electron chi connectivity index (χ1n) is 8.66. The molecular formula is C18H24N2O6. The van der Waals surface area contributed by atoms with E-state index in [2.05, 4.69) is 6.92 Å². The lowest BCUT2D eigenvalue weighted by Crippen LogP contribution is -2.07. The van der Waals surface area contributed by atoms with Crippen LogP contribution in [0.3, 0.4) is 0 Å². The molecule has 0 radical (unpaired) electrons. The Kier molecular flexibility index (Phi) is 8.41. The molecule has 1 atom stereocenters. The van der Waals surface area contributed by atoms with Crippen LogP contribution in [0.1, 0.15) is 63.0 Å². The summed E-state index contributed by atoms with van der Waals surface area (Å²) in [7, 11) is 0. The molecule has 1 unspecified atom stereocenters. The maximum absolute atomic E-state index is 11.5. The largest absolute Gasteiger partial charge is 0.478 e. The van der Waals surface area contributed by atoms with Crippen LogP contribution in [-0.4, -0.2) is 20.9 Å². The fraction of sp³-hybridized carbons (Fsp3) is 0.500. The third-order valence-electron chi connectivity index (χ3n) is 4.32. The summed E-state index contributed by atoms with van der Waals surface area (Å²) in [6.07, 6.45) is 6.74. The van der Waals surface area contributed by atoms with Crippen molar-refractivity contribution in [2.24, 2.45) is 0 Å². The van der Waals surface area contributed by atoms with Gasteiger partial charge in [-0.3, -0.25) is 20.2 Å². The summed E-state index contributed by atoms with van der Waals surface area (Å²) >= 11 is 0. The second-order valence-corrected chi connectivity index (χ2v) is 6.09. The minimum atomic E-state index is -1.15. The molecular weight excluding hydrogens is 340 g/mol. The van der Waals surface area contributed by atoms with E-state index in [-0.39, 0.29) is 23.7 Å². The zero-order chi connectivity index (χ0) is 19.7. The van der Waals surface area contributed by atoms with Gasteiger partial charge in [0.15, 0.2) is 0 Å². The van der Waals surface area contributed by atoms with Gasteiger partial charge in [0.25, 0.3) is 11.4 Å². The van der Waals surface area contributed by atoms with Gasteiger partial charge in [-0.15, -0.1) is 0 Å². The molecule has 0 aromatic heterocycles. The van der Waals surface area contributed by atoms with Crippen LogP contribution >= 0.6 is 0 Å². The van der Waals surface area contributed by atoms with E-state index in [9.17, 15) is 25.0 Å². The molecule has 0 aliphatic rings. The van der Waals surface area contributed by atoms with Crippen molar-refractivity contribution >= 4 is 17.3 Å². The predicted octanol–water partition coefficient (Wildman–Crippen LogP) is 4.76. The number of nitro groups is 2. The topological polar surface area (TPSA) is 124 Å². The Morgan fingerprint density at radius 3 is 2.38 bits per heavy atom. The number of carboxylic acids is 1.